The van der Waals surface area contributed by atoms with E-state index in [4.69, 9.17) is 0 Å². The molecule has 7 nitrogen and oxygen atoms in total. The molecule has 2 unspecified atom stereocenters. The highest BCUT2D eigenvalue weighted by atomic mass is 16.3. The molecule has 0 bridgehead atoms. The van der Waals surface area contributed by atoms with Gasteiger partial charge in [0.1, 0.15) is 5.69 Å². The maximum atomic E-state index is 13.7. The van der Waals surface area contributed by atoms with Crippen molar-refractivity contribution in [3.63, 3.8) is 0 Å². The first-order valence-electron chi connectivity index (χ1n) is 13.6. The summed E-state index contributed by atoms with van der Waals surface area (Å²) in [4.78, 5) is 29.6. The van der Waals surface area contributed by atoms with Gasteiger partial charge < -0.3 is 10.0 Å². The van der Waals surface area contributed by atoms with Gasteiger partial charge in [0.25, 0.3) is 11.5 Å². The third-order valence-electron chi connectivity index (χ3n) is 6.88. The predicted octanol–water partition coefficient (Wildman–Crippen LogP) is 7.68. The van der Waals surface area contributed by atoms with Gasteiger partial charge in [0.15, 0.2) is 0 Å². The van der Waals surface area contributed by atoms with Crippen LogP contribution in [0.5, 0.6) is 5.88 Å². The summed E-state index contributed by atoms with van der Waals surface area (Å²) in [5.41, 5.74) is 1.43. The topological polar surface area (TPSA) is 98.1 Å². The van der Waals surface area contributed by atoms with E-state index in [1.807, 2.05) is 12.1 Å². The van der Waals surface area contributed by atoms with Crippen LogP contribution in [0, 0.1) is 18.8 Å². The fourth-order valence-electron chi connectivity index (χ4n) is 4.48. The van der Waals surface area contributed by atoms with Crippen LogP contribution in [0.15, 0.2) is 45.4 Å². The summed E-state index contributed by atoms with van der Waals surface area (Å²) in [6.07, 6.45) is 9.09. The summed E-state index contributed by atoms with van der Waals surface area (Å²) >= 11 is 0. The summed E-state index contributed by atoms with van der Waals surface area (Å²) in [5.74, 6) is 0.691. The van der Waals surface area contributed by atoms with Gasteiger partial charge in [0.05, 0.1) is 5.69 Å². The Kier molecular flexibility index (Phi) is 12.4. The van der Waals surface area contributed by atoms with Gasteiger partial charge in [0.2, 0.25) is 5.88 Å². The molecule has 0 saturated carbocycles. The molecule has 2 aromatic rings. The van der Waals surface area contributed by atoms with Crippen molar-refractivity contribution in [1.29, 1.82) is 0 Å². The second-order valence-corrected chi connectivity index (χ2v) is 9.81. The number of nitrogens with zero attached hydrogens (tertiary/aromatic N) is 3. The van der Waals surface area contributed by atoms with E-state index in [1.54, 1.807) is 19.1 Å². The van der Waals surface area contributed by atoms with Gasteiger partial charge in [-0.05, 0) is 55.4 Å². The molecule has 1 aromatic carbocycles. The fraction of sp³-hybridized carbons (Fsp3) is 0.586. The number of aromatic amines is 1. The van der Waals surface area contributed by atoms with Crippen molar-refractivity contribution in [2.75, 3.05) is 13.1 Å². The zero-order valence-corrected chi connectivity index (χ0v) is 22.7. The molecule has 0 aliphatic heterocycles. The number of aromatic nitrogens is 1. The predicted molar refractivity (Wildman–Crippen MR) is 147 cm³/mol. The molecule has 0 aliphatic carbocycles. The number of amides is 1. The number of unbranched alkanes of at least 4 members (excludes halogenated alkanes) is 2. The first kappa shape index (κ1) is 29.3. The number of pyridine rings is 1. The first-order chi connectivity index (χ1) is 17.3. The van der Waals surface area contributed by atoms with E-state index in [-0.39, 0.29) is 17.5 Å². The van der Waals surface area contributed by atoms with Gasteiger partial charge in [-0.1, -0.05) is 72.3 Å². The zero-order chi connectivity index (χ0) is 26.5. The van der Waals surface area contributed by atoms with Crippen LogP contribution in [0.3, 0.4) is 0 Å². The molecule has 1 amide bonds. The van der Waals surface area contributed by atoms with E-state index < -0.39 is 5.56 Å². The van der Waals surface area contributed by atoms with Gasteiger partial charge in [-0.15, -0.1) is 5.11 Å². The summed E-state index contributed by atoms with van der Waals surface area (Å²) in [6.45, 7) is 12.1. The van der Waals surface area contributed by atoms with Gasteiger partial charge >= 0.3 is 0 Å². The molecule has 1 aromatic heterocycles. The molecule has 2 N–H and O–H groups in total. The van der Waals surface area contributed by atoms with E-state index in [0.29, 0.717) is 28.7 Å². The summed E-state index contributed by atoms with van der Waals surface area (Å²) in [5, 5.41) is 18.4. The quantitative estimate of drug-likeness (QED) is 0.247. The Morgan fingerprint density at radius 3 is 2.11 bits per heavy atom. The Hall–Kier alpha value is -2.96. The van der Waals surface area contributed by atoms with Crippen molar-refractivity contribution in [3.05, 3.63) is 51.8 Å². The molecule has 1 heterocycles. The summed E-state index contributed by atoms with van der Waals surface area (Å²) < 4.78 is 0. The standard InChI is InChI=1S/C29H44N4O3/c1-6-10-13-22(8-3)19-33(20-23(9-4)14-11-7-2)29(36)24-15-12-16-25(18-24)31-32-27-21(5)17-26(34)30-28(27)35/h12,15-18,22-23H,6-11,13-14,19-20H2,1-5H3,(H2,30,34,35)/b32-31+. The largest absolute Gasteiger partial charge is 0.493 e. The van der Waals surface area contributed by atoms with Crippen LogP contribution in [0.1, 0.15) is 95.0 Å². The summed E-state index contributed by atoms with van der Waals surface area (Å²) in [6, 6.07) is 8.52. The minimum absolute atomic E-state index is 0.0278. The molecule has 198 valence electrons. The zero-order valence-electron chi connectivity index (χ0n) is 22.7. The number of aryl methyl sites for hydroxylation is 1. The molecule has 0 saturated heterocycles. The average molecular weight is 497 g/mol. The van der Waals surface area contributed by atoms with Crippen LogP contribution in [0.4, 0.5) is 11.4 Å². The molecule has 0 spiro atoms. The smallest absolute Gasteiger partial charge is 0.253 e. The van der Waals surface area contributed by atoms with Crippen molar-refractivity contribution >= 4 is 17.3 Å². The first-order valence-corrected chi connectivity index (χ1v) is 13.6. The van der Waals surface area contributed by atoms with Crippen LogP contribution >= 0.6 is 0 Å². The normalized spacial score (nSPS) is 13.1. The van der Waals surface area contributed by atoms with E-state index in [0.717, 1.165) is 51.6 Å². The average Bonchev–Trinajstić information content (AvgIpc) is 2.87. The van der Waals surface area contributed by atoms with Gasteiger partial charge in [-0.25, -0.2) is 0 Å². The highest BCUT2D eigenvalue weighted by Gasteiger charge is 2.22. The highest BCUT2D eigenvalue weighted by molar-refractivity contribution is 5.95. The van der Waals surface area contributed by atoms with Crippen molar-refractivity contribution < 1.29 is 9.90 Å². The lowest BCUT2D eigenvalue weighted by Gasteiger charge is -2.31. The number of rotatable bonds is 15. The lowest BCUT2D eigenvalue weighted by atomic mass is 9.95. The fourth-order valence-corrected chi connectivity index (χ4v) is 4.48. The van der Waals surface area contributed by atoms with E-state index >= 15 is 0 Å². The van der Waals surface area contributed by atoms with E-state index in [1.165, 1.54) is 18.9 Å². The van der Waals surface area contributed by atoms with Crippen LogP contribution in [-0.4, -0.2) is 34.0 Å². The molecular weight excluding hydrogens is 452 g/mol. The number of hydrogen-bond donors (Lipinski definition) is 2. The number of aromatic hydroxyl groups is 1. The minimum atomic E-state index is -0.398. The number of benzene rings is 1. The molecule has 2 atom stereocenters. The van der Waals surface area contributed by atoms with Crippen LogP contribution in [0.2, 0.25) is 0 Å². The number of nitrogens with one attached hydrogen (secondary N) is 1. The van der Waals surface area contributed by atoms with Crippen molar-refractivity contribution in [3.8, 4) is 5.88 Å². The third-order valence-corrected chi connectivity index (χ3v) is 6.88. The monoisotopic (exact) mass is 496 g/mol. The Labute approximate surface area is 216 Å². The maximum Gasteiger partial charge on any atom is 0.253 e. The van der Waals surface area contributed by atoms with Crippen LogP contribution in [-0.2, 0) is 0 Å². The Morgan fingerprint density at radius 2 is 1.58 bits per heavy atom. The van der Waals surface area contributed by atoms with E-state index in [9.17, 15) is 14.7 Å². The number of hydrogen-bond acceptors (Lipinski definition) is 5. The van der Waals surface area contributed by atoms with Crippen LogP contribution < -0.4 is 5.56 Å². The molecule has 7 heteroatoms. The number of azo groups is 1. The number of H-pyrrole nitrogens is 1. The maximum absolute atomic E-state index is 13.7. The van der Waals surface area contributed by atoms with E-state index in [2.05, 4.69) is 47.8 Å². The summed E-state index contributed by atoms with van der Waals surface area (Å²) in [7, 11) is 0. The molecule has 0 fully saturated rings. The van der Waals surface area contributed by atoms with Crippen molar-refractivity contribution in [2.24, 2.45) is 22.1 Å². The highest BCUT2D eigenvalue weighted by Crippen LogP contribution is 2.29. The SMILES string of the molecule is CCCCC(CC)CN(CC(CC)CCCC)C(=O)c1cccc(/N=N/c2c(C)cc(=O)[nH]c2O)c1. The van der Waals surface area contributed by atoms with Crippen molar-refractivity contribution in [2.45, 2.75) is 86.0 Å². The van der Waals surface area contributed by atoms with Gasteiger partial charge in [0, 0.05) is 24.7 Å². The Bertz CT molecular complexity index is 1000. The second-order valence-electron chi connectivity index (χ2n) is 9.81. The second kappa shape index (κ2) is 15.2. The van der Waals surface area contributed by atoms with Gasteiger partial charge in [-0.2, -0.15) is 5.11 Å². The molecule has 0 aliphatic rings. The molecule has 2 rings (SSSR count). The van der Waals surface area contributed by atoms with Gasteiger partial charge in [-0.3, -0.25) is 14.6 Å². The van der Waals surface area contributed by atoms with Crippen LogP contribution in [0.25, 0.3) is 0 Å². The molecule has 36 heavy (non-hydrogen) atoms. The minimum Gasteiger partial charge on any atom is -0.493 e. The molecular formula is C29H44N4O3. The number of carbonyl (C=O) groups excluding carboxylic acids is 1. The lowest BCUT2D eigenvalue weighted by Crippen LogP contribution is -2.39. The molecule has 0 radical (unpaired) electrons. The Balaban J connectivity index is 2.29. The Morgan fingerprint density at radius 1 is 0.972 bits per heavy atom. The lowest BCUT2D eigenvalue weighted by molar-refractivity contribution is 0.0685. The number of carbonyl (C=O) groups is 1. The van der Waals surface area contributed by atoms with Crippen molar-refractivity contribution in [1.82, 2.24) is 9.88 Å². The third kappa shape index (κ3) is 8.92.